The lowest BCUT2D eigenvalue weighted by Crippen LogP contribution is -2.39. The van der Waals surface area contributed by atoms with E-state index in [0.717, 1.165) is 91.5 Å². The Hall–Kier alpha value is -5.60. The number of nitrogen functional groups attached to an aromatic ring is 1. The predicted octanol–water partition coefficient (Wildman–Crippen LogP) is 1.39. The summed E-state index contributed by atoms with van der Waals surface area (Å²) in [5.74, 6) is 5.95. The number of fused-ring (bicyclic) bond motifs is 4. The van der Waals surface area contributed by atoms with Crippen molar-refractivity contribution >= 4 is 52.4 Å². The lowest BCUT2D eigenvalue weighted by molar-refractivity contribution is -0.121. The summed E-state index contributed by atoms with van der Waals surface area (Å²) in [6.07, 6.45) is -1.83. The van der Waals surface area contributed by atoms with Gasteiger partial charge in [0.2, 0.25) is 11.3 Å². The summed E-state index contributed by atoms with van der Waals surface area (Å²) in [7, 11) is -15.4. The molecule has 0 spiro atoms. The summed E-state index contributed by atoms with van der Waals surface area (Å²) < 4.78 is 61.8. The molecule has 24 nitrogen and oxygen atoms in total. The number of nitrogens with one attached hydrogen (secondary N) is 1. The van der Waals surface area contributed by atoms with Gasteiger partial charge in [-0.05, 0) is 68.9 Å². The molecule has 0 bridgehead atoms. The van der Waals surface area contributed by atoms with E-state index in [0.29, 0.717) is 16.6 Å². The zero-order chi connectivity index (χ0) is 53.3. The topological polar surface area (TPSA) is 335 Å². The van der Waals surface area contributed by atoms with Gasteiger partial charge < -0.3 is 60.1 Å². The van der Waals surface area contributed by atoms with Crippen molar-refractivity contribution < 1.29 is 75.7 Å². The summed E-state index contributed by atoms with van der Waals surface area (Å²) in [5.41, 5.74) is 11.6. The highest BCUT2D eigenvalue weighted by atomic mass is 31.3. The average Bonchev–Trinajstić information content (AvgIpc) is 3.62. The van der Waals surface area contributed by atoms with Crippen molar-refractivity contribution in [1.29, 1.82) is 0 Å². The van der Waals surface area contributed by atoms with Crippen molar-refractivity contribution in [3.8, 4) is 23.3 Å². The highest BCUT2D eigenvalue weighted by Gasteiger charge is 2.47. The molecule has 0 aliphatic carbocycles. The molecule has 1 aromatic heterocycles. The van der Waals surface area contributed by atoms with E-state index in [1.165, 1.54) is 22.2 Å². The Balaban J connectivity index is 0.912. The molecular formula is C47H57N7O17P3+. The molecule has 0 radical (unpaired) electrons. The molecule has 4 aliphatic heterocycles. The first-order chi connectivity index (χ1) is 35.1. The second kappa shape index (κ2) is 22.3. The molecule has 27 heteroatoms. The molecule has 1 fully saturated rings. The number of amides is 2. The number of carbonyl (C=O) groups is 2. The highest BCUT2D eigenvalue weighted by Crippen LogP contribution is 2.66. The summed E-state index contributed by atoms with van der Waals surface area (Å²) in [6.45, 7) is 6.97. The van der Waals surface area contributed by atoms with Crippen LogP contribution in [-0.4, -0.2) is 127 Å². The molecular weight excluding hydrogens is 1030 g/mol. The lowest BCUT2D eigenvalue weighted by atomic mass is 9.86. The molecule has 1 saturated heterocycles. The minimum absolute atomic E-state index is 0.0488. The van der Waals surface area contributed by atoms with Gasteiger partial charge in [0, 0.05) is 85.0 Å². The van der Waals surface area contributed by atoms with Gasteiger partial charge in [0.15, 0.2) is 6.23 Å². The van der Waals surface area contributed by atoms with Crippen LogP contribution in [0.25, 0.3) is 5.57 Å². The Kier molecular flexibility index (Phi) is 16.5. The number of aliphatic hydroxyl groups is 2. The van der Waals surface area contributed by atoms with Gasteiger partial charge in [-0.2, -0.15) is 13.6 Å². The van der Waals surface area contributed by atoms with Crippen LogP contribution < -0.4 is 41.5 Å². The van der Waals surface area contributed by atoms with Crippen molar-refractivity contribution in [2.45, 2.75) is 76.9 Å². The van der Waals surface area contributed by atoms with E-state index in [4.69, 9.17) is 25.0 Å². The maximum absolute atomic E-state index is 14.4. The second-order valence-corrected chi connectivity index (χ2v) is 22.3. The number of anilines is 2. The second-order valence-electron chi connectivity index (χ2n) is 17.9. The monoisotopic (exact) mass is 1080 g/mol. The minimum atomic E-state index is -5.84. The summed E-state index contributed by atoms with van der Waals surface area (Å²) in [5, 5.41) is 26.0. The van der Waals surface area contributed by atoms with Crippen LogP contribution in [-0.2, 0) is 49.2 Å². The number of hydrogen-bond donors (Lipinski definition) is 8. The first kappa shape index (κ1) is 54.7. The lowest BCUT2D eigenvalue weighted by Gasteiger charge is -2.33. The fraction of sp³-hybridized carbons (Fsp3) is 0.426. The first-order valence-corrected chi connectivity index (χ1v) is 28.3. The van der Waals surface area contributed by atoms with Gasteiger partial charge in [0.05, 0.1) is 24.8 Å². The van der Waals surface area contributed by atoms with E-state index in [2.05, 4.69) is 82.9 Å². The largest absolute Gasteiger partial charge is 0.490 e. The van der Waals surface area contributed by atoms with Gasteiger partial charge >= 0.3 is 29.2 Å². The third-order valence-electron chi connectivity index (χ3n) is 13.0. The van der Waals surface area contributed by atoms with E-state index >= 15 is 0 Å². The number of phosphoric ester groups is 1. The number of benzene rings is 3. The molecule has 3 aromatic carbocycles. The maximum atomic E-state index is 14.4. The van der Waals surface area contributed by atoms with Crippen molar-refractivity contribution in [2.75, 3.05) is 63.6 Å². The number of aliphatic hydroxyl groups excluding tert-OH is 2. The van der Waals surface area contributed by atoms with Gasteiger partial charge in [0.1, 0.15) is 48.7 Å². The number of nitrogens with two attached hydrogens (primary N) is 1. The molecule has 4 aromatic rings. The Labute approximate surface area is 424 Å². The van der Waals surface area contributed by atoms with Crippen molar-refractivity contribution in [2.24, 2.45) is 0 Å². The van der Waals surface area contributed by atoms with Gasteiger partial charge in [-0.3, -0.25) is 18.7 Å². The molecule has 5 heterocycles. The van der Waals surface area contributed by atoms with Crippen LogP contribution in [0, 0.1) is 11.8 Å². The van der Waals surface area contributed by atoms with Crippen LogP contribution in [0.3, 0.4) is 0 Å². The molecule has 396 valence electrons. The van der Waals surface area contributed by atoms with Gasteiger partial charge in [0.25, 0.3) is 5.91 Å². The minimum Gasteiger partial charge on any atom is -0.456 e. The highest BCUT2D eigenvalue weighted by molar-refractivity contribution is 7.66. The molecule has 4 aliphatic rings. The fourth-order valence-electron chi connectivity index (χ4n) is 9.52. The fourth-order valence-corrected chi connectivity index (χ4v) is 12.5. The smallest absolute Gasteiger partial charge is 0.456 e. The Morgan fingerprint density at radius 3 is 2.47 bits per heavy atom. The molecule has 2 unspecified atom stereocenters. The van der Waals surface area contributed by atoms with Crippen molar-refractivity contribution in [3.05, 3.63) is 109 Å². The van der Waals surface area contributed by atoms with Crippen LogP contribution in [0.15, 0.2) is 59.5 Å². The van der Waals surface area contributed by atoms with Crippen LogP contribution in [0.5, 0.6) is 11.5 Å². The van der Waals surface area contributed by atoms with Crippen LogP contribution in [0.4, 0.5) is 11.5 Å². The molecule has 2 amide bonds. The number of ether oxygens (including phenoxy) is 2. The zero-order valence-electron chi connectivity index (χ0n) is 40.5. The van der Waals surface area contributed by atoms with Crippen molar-refractivity contribution in [3.63, 3.8) is 0 Å². The first-order valence-electron chi connectivity index (χ1n) is 23.7. The third-order valence-corrected chi connectivity index (χ3v) is 16.8. The normalized spacial score (nSPS) is 20.6. The van der Waals surface area contributed by atoms with E-state index < -0.39 is 60.3 Å². The van der Waals surface area contributed by atoms with Gasteiger partial charge in [-0.15, -0.1) is 0 Å². The molecule has 0 saturated carbocycles. The number of nitrogens with zero attached hydrogens (tertiary/aromatic N) is 5. The molecule has 74 heavy (non-hydrogen) atoms. The predicted molar refractivity (Wildman–Crippen MR) is 266 cm³/mol. The molecule has 6 atom stereocenters. The van der Waals surface area contributed by atoms with E-state index in [1.54, 1.807) is 11.9 Å². The number of aryl methyl sites for hydroxylation is 2. The third kappa shape index (κ3) is 12.2. The number of carbonyl (C=O) groups excluding carboxylic acids is 2. The van der Waals surface area contributed by atoms with E-state index in [-0.39, 0.29) is 42.7 Å². The maximum Gasteiger partial charge on any atom is 0.490 e. The number of phosphoric acid groups is 3. The van der Waals surface area contributed by atoms with E-state index in [1.807, 2.05) is 24.3 Å². The summed E-state index contributed by atoms with van der Waals surface area (Å²) in [4.78, 5) is 84.4. The van der Waals surface area contributed by atoms with Crippen molar-refractivity contribution in [1.82, 2.24) is 24.3 Å². The van der Waals surface area contributed by atoms with Crippen LogP contribution >= 0.6 is 23.5 Å². The summed E-state index contributed by atoms with van der Waals surface area (Å²) >= 11 is 0. The van der Waals surface area contributed by atoms with Gasteiger partial charge in [-0.1, -0.05) is 30.0 Å². The van der Waals surface area contributed by atoms with E-state index in [9.17, 15) is 48.1 Å². The standard InChI is InChI=1S/C47H56N7O17P3/c1-4-52-20-9-13-28-22-33-37(24-35(28)52)68-38-25-36-29(14-10-21-53(36)5-2)23-34(38)41(33)31-15-6-7-16-32(31)45(58)51(3)19-11-17-40(55)49-18-8-12-30-26-54(47(59)50-44(30)48)46-43(57)42(56)39(69-46)27-67-73(63,64)71-74(65,66)70-72(60,61)62/h6-7,15-16,22-26,39,42-43,46,56-57H,4-5,9-11,13-14,17-21,27H2,1-3H3,(H6-,48,49,50,55,59,60,61,62,63,64,65,66)/p+1/t39-,42-,43-,46-/m1/s1. The van der Waals surface area contributed by atoms with Crippen LogP contribution in [0.1, 0.15) is 83.9 Å². The Morgan fingerprint density at radius 2 is 1.73 bits per heavy atom. The Morgan fingerprint density at radius 1 is 0.973 bits per heavy atom. The SMILES string of the molecule is CCN1CCCc2cc3c(cc21)Oc1cc2c(cc1=C3c1ccccc1C(=O)N(C)CCCC(=O)NCC#Cc1cn([C@@H]3O[C@H](COP(=O)(O)OP(=O)(O)OP(=O)(O)O)[C@@H](O)[C@H]3O)c(=O)nc1N)CCC[N+]=2CC. The van der Waals surface area contributed by atoms with Gasteiger partial charge in [-0.25, -0.2) is 23.1 Å². The number of hydrogen-bond acceptors (Lipinski definition) is 16. The van der Waals surface area contributed by atoms with Crippen LogP contribution in [0.2, 0.25) is 0 Å². The molecule has 9 N–H and O–H groups in total. The molecule has 8 rings (SSSR count). The quantitative estimate of drug-likeness (QED) is 0.0370. The average molecular weight is 1080 g/mol. The Bertz CT molecular complexity index is 3280. The summed E-state index contributed by atoms with van der Waals surface area (Å²) in [6, 6.07) is 16.4. The number of aromatic nitrogens is 2. The number of rotatable bonds is 17. The zero-order valence-corrected chi connectivity index (χ0v) is 43.2.